The molecular formula is C22H28N2O. The van der Waals surface area contributed by atoms with Gasteiger partial charge in [-0.2, -0.15) is 0 Å². The monoisotopic (exact) mass is 336 g/mol. The number of ether oxygens (including phenoxy) is 1. The molecule has 25 heavy (non-hydrogen) atoms. The zero-order valence-electron chi connectivity index (χ0n) is 15.2. The van der Waals surface area contributed by atoms with Gasteiger partial charge in [0.05, 0.1) is 0 Å². The van der Waals surface area contributed by atoms with E-state index in [1.807, 2.05) is 6.20 Å². The molecule has 3 aromatic rings. The van der Waals surface area contributed by atoms with Gasteiger partial charge in [0.2, 0.25) is 0 Å². The van der Waals surface area contributed by atoms with Gasteiger partial charge in [-0.15, -0.1) is 0 Å². The Balaban J connectivity index is 1.55. The summed E-state index contributed by atoms with van der Waals surface area (Å²) in [6.45, 7) is 5.89. The molecular weight excluding hydrogens is 308 g/mol. The first-order valence-corrected chi connectivity index (χ1v) is 9.23. The molecule has 0 bridgehead atoms. The Morgan fingerprint density at radius 2 is 1.76 bits per heavy atom. The Bertz CT molecular complexity index is 791. The van der Waals surface area contributed by atoms with E-state index >= 15 is 0 Å². The molecule has 0 radical (unpaired) electrons. The van der Waals surface area contributed by atoms with Crippen molar-refractivity contribution in [2.75, 3.05) is 13.2 Å². The minimum Gasteiger partial charge on any atom is -0.492 e. The van der Waals surface area contributed by atoms with Crippen molar-refractivity contribution >= 4 is 10.9 Å². The summed E-state index contributed by atoms with van der Waals surface area (Å²) in [7, 11) is 0. The maximum atomic E-state index is 5.98. The summed E-state index contributed by atoms with van der Waals surface area (Å²) in [5, 5.41) is 4.73. The van der Waals surface area contributed by atoms with E-state index in [0.29, 0.717) is 12.6 Å². The zero-order valence-corrected chi connectivity index (χ0v) is 15.2. The summed E-state index contributed by atoms with van der Waals surface area (Å²) in [5.74, 6) is 1.02. The second-order valence-corrected chi connectivity index (χ2v) is 6.77. The van der Waals surface area contributed by atoms with Crippen molar-refractivity contribution in [1.29, 1.82) is 0 Å². The van der Waals surface area contributed by atoms with Crippen LogP contribution in [-0.4, -0.2) is 24.2 Å². The standard InChI is InChI=1S/C22H28N2O/c1-17(2)23-15-16-25-22-12-4-3-7-19(22)10-5-8-18-9-6-11-21-20(18)13-14-24-21/h3-4,6-7,9,11-14,17,23-24H,5,8,10,15-16H2,1-2H3. The predicted molar refractivity (Wildman–Crippen MR) is 105 cm³/mol. The molecule has 0 saturated heterocycles. The maximum absolute atomic E-state index is 5.98. The SMILES string of the molecule is CC(C)NCCOc1ccccc1CCCc1cccc2[nH]ccc12. The Morgan fingerprint density at radius 1 is 0.960 bits per heavy atom. The Kier molecular flexibility index (Phi) is 6.13. The number of hydrogen-bond donors (Lipinski definition) is 2. The van der Waals surface area contributed by atoms with Crippen LogP contribution in [0.5, 0.6) is 5.75 Å². The largest absolute Gasteiger partial charge is 0.492 e. The van der Waals surface area contributed by atoms with Gasteiger partial charge in [-0.1, -0.05) is 44.2 Å². The first-order chi connectivity index (χ1) is 12.2. The number of para-hydroxylation sites is 1. The summed E-state index contributed by atoms with van der Waals surface area (Å²) in [6.07, 6.45) is 5.25. The molecule has 1 aromatic heterocycles. The molecule has 0 amide bonds. The zero-order chi connectivity index (χ0) is 17.5. The minimum atomic E-state index is 0.495. The van der Waals surface area contributed by atoms with Crippen LogP contribution in [0.4, 0.5) is 0 Å². The van der Waals surface area contributed by atoms with Gasteiger partial charge < -0.3 is 15.0 Å². The van der Waals surface area contributed by atoms with E-state index < -0.39 is 0 Å². The number of rotatable bonds is 9. The highest BCUT2D eigenvalue weighted by Gasteiger charge is 2.05. The Morgan fingerprint density at radius 3 is 2.64 bits per heavy atom. The van der Waals surface area contributed by atoms with E-state index in [1.165, 1.54) is 22.0 Å². The summed E-state index contributed by atoms with van der Waals surface area (Å²) in [4.78, 5) is 3.29. The molecule has 3 nitrogen and oxygen atoms in total. The van der Waals surface area contributed by atoms with Crippen LogP contribution in [-0.2, 0) is 12.8 Å². The average molecular weight is 336 g/mol. The first kappa shape index (κ1) is 17.6. The summed E-state index contributed by atoms with van der Waals surface area (Å²) in [5.41, 5.74) is 3.94. The third-order valence-electron chi connectivity index (χ3n) is 4.46. The van der Waals surface area contributed by atoms with E-state index in [0.717, 1.165) is 31.6 Å². The molecule has 0 aliphatic rings. The van der Waals surface area contributed by atoms with Gasteiger partial charge in [-0.25, -0.2) is 0 Å². The Labute approximate surface area is 150 Å². The molecule has 2 aromatic carbocycles. The fourth-order valence-corrected chi connectivity index (χ4v) is 3.20. The lowest BCUT2D eigenvalue weighted by Crippen LogP contribution is -2.27. The molecule has 0 aliphatic heterocycles. The summed E-state index contributed by atoms with van der Waals surface area (Å²) < 4.78 is 5.98. The second-order valence-electron chi connectivity index (χ2n) is 6.77. The normalized spacial score (nSPS) is 11.3. The third kappa shape index (κ3) is 4.86. The van der Waals surface area contributed by atoms with Crippen LogP contribution in [0.2, 0.25) is 0 Å². The molecule has 0 fully saturated rings. The quantitative estimate of drug-likeness (QED) is 0.555. The average Bonchev–Trinajstić information content (AvgIpc) is 3.09. The van der Waals surface area contributed by atoms with Crippen molar-refractivity contribution in [3.8, 4) is 5.75 Å². The number of aromatic nitrogens is 1. The lowest BCUT2D eigenvalue weighted by atomic mass is 10.0. The number of H-pyrrole nitrogens is 1. The molecule has 3 heteroatoms. The van der Waals surface area contributed by atoms with Crippen molar-refractivity contribution < 1.29 is 4.74 Å². The molecule has 1 heterocycles. The van der Waals surface area contributed by atoms with Crippen molar-refractivity contribution in [2.24, 2.45) is 0 Å². The van der Waals surface area contributed by atoms with E-state index in [4.69, 9.17) is 4.74 Å². The van der Waals surface area contributed by atoms with Gasteiger partial charge >= 0.3 is 0 Å². The van der Waals surface area contributed by atoms with Gasteiger partial charge in [0.15, 0.2) is 0 Å². The second kappa shape index (κ2) is 8.72. The minimum absolute atomic E-state index is 0.495. The highest BCUT2D eigenvalue weighted by atomic mass is 16.5. The number of nitrogens with one attached hydrogen (secondary N) is 2. The smallest absolute Gasteiger partial charge is 0.122 e. The van der Waals surface area contributed by atoms with Crippen LogP contribution in [0.25, 0.3) is 10.9 Å². The van der Waals surface area contributed by atoms with E-state index in [1.54, 1.807) is 0 Å². The van der Waals surface area contributed by atoms with Crippen LogP contribution in [0, 0.1) is 0 Å². The van der Waals surface area contributed by atoms with E-state index in [2.05, 4.69) is 72.7 Å². The van der Waals surface area contributed by atoms with E-state index in [9.17, 15) is 0 Å². The van der Waals surface area contributed by atoms with Crippen molar-refractivity contribution in [3.63, 3.8) is 0 Å². The third-order valence-corrected chi connectivity index (χ3v) is 4.46. The van der Waals surface area contributed by atoms with Crippen LogP contribution < -0.4 is 10.1 Å². The van der Waals surface area contributed by atoms with Gasteiger partial charge in [-0.05, 0) is 48.6 Å². The molecule has 0 atom stereocenters. The van der Waals surface area contributed by atoms with Crippen LogP contribution in [0.1, 0.15) is 31.4 Å². The number of fused-ring (bicyclic) bond motifs is 1. The number of aryl methyl sites for hydroxylation is 2. The van der Waals surface area contributed by atoms with Gasteiger partial charge in [-0.3, -0.25) is 0 Å². The molecule has 132 valence electrons. The van der Waals surface area contributed by atoms with Gasteiger partial charge in [0.1, 0.15) is 12.4 Å². The molecule has 2 N–H and O–H groups in total. The van der Waals surface area contributed by atoms with E-state index in [-0.39, 0.29) is 0 Å². The molecule has 0 unspecified atom stereocenters. The highest BCUT2D eigenvalue weighted by molar-refractivity contribution is 5.82. The van der Waals surface area contributed by atoms with Crippen molar-refractivity contribution in [1.82, 2.24) is 10.3 Å². The number of hydrogen-bond acceptors (Lipinski definition) is 2. The van der Waals surface area contributed by atoms with Crippen molar-refractivity contribution in [3.05, 3.63) is 65.9 Å². The lowest BCUT2D eigenvalue weighted by Gasteiger charge is -2.13. The Hall–Kier alpha value is -2.26. The van der Waals surface area contributed by atoms with Crippen LogP contribution in [0.3, 0.4) is 0 Å². The maximum Gasteiger partial charge on any atom is 0.122 e. The lowest BCUT2D eigenvalue weighted by molar-refractivity contribution is 0.306. The van der Waals surface area contributed by atoms with Crippen LogP contribution >= 0.6 is 0 Å². The van der Waals surface area contributed by atoms with Gasteiger partial charge in [0.25, 0.3) is 0 Å². The van der Waals surface area contributed by atoms with Crippen molar-refractivity contribution in [2.45, 2.75) is 39.2 Å². The first-order valence-electron chi connectivity index (χ1n) is 9.23. The summed E-state index contributed by atoms with van der Waals surface area (Å²) >= 11 is 0. The molecule has 0 spiro atoms. The number of benzene rings is 2. The van der Waals surface area contributed by atoms with Gasteiger partial charge in [0, 0.05) is 29.7 Å². The molecule has 0 saturated carbocycles. The summed E-state index contributed by atoms with van der Waals surface area (Å²) in [6, 6.07) is 17.6. The fourth-order valence-electron chi connectivity index (χ4n) is 3.20. The van der Waals surface area contributed by atoms with Crippen LogP contribution in [0.15, 0.2) is 54.7 Å². The topological polar surface area (TPSA) is 37.0 Å². The number of aromatic amines is 1. The molecule has 3 rings (SSSR count). The highest BCUT2D eigenvalue weighted by Crippen LogP contribution is 2.22. The predicted octanol–water partition coefficient (Wildman–Crippen LogP) is 4.72. The fraction of sp³-hybridized carbons (Fsp3) is 0.364. The molecule has 0 aliphatic carbocycles.